The van der Waals surface area contributed by atoms with Crippen LogP contribution < -0.4 is 5.32 Å². The molecule has 1 aliphatic heterocycles. The van der Waals surface area contributed by atoms with Gasteiger partial charge in [0.1, 0.15) is 0 Å². The third-order valence-electron chi connectivity index (χ3n) is 9.81. The van der Waals surface area contributed by atoms with Gasteiger partial charge in [-0.25, -0.2) is 0 Å². The second-order valence-corrected chi connectivity index (χ2v) is 11.7. The van der Waals surface area contributed by atoms with Gasteiger partial charge in [-0.1, -0.05) is 60.0 Å². The minimum absolute atomic E-state index is 0.221. The highest BCUT2D eigenvalue weighted by Crippen LogP contribution is 2.66. The summed E-state index contributed by atoms with van der Waals surface area (Å²) < 4.78 is 0. The molecule has 0 aromatic carbocycles. The Kier molecular flexibility index (Phi) is 5.47. The van der Waals surface area contributed by atoms with E-state index in [4.69, 9.17) is 0 Å². The van der Waals surface area contributed by atoms with Crippen molar-refractivity contribution in [3.8, 4) is 0 Å². The van der Waals surface area contributed by atoms with Gasteiger partial charge in [-0.05, 0) is 79.4 Å². The van der Waals surface area contributed by atoms with Crippen LogP contribution in [-0.2, 0) is 4.79 Å². The van der Waals surface area contributed by atoms with Gasteiger partial charge >= 0.3 is 0 Å². The predicted molar refractivity (Wildman–Crippen MR) is 117 cm³/mol. The van der Waals surface area contributed by atoms with E-state index in [0.29, 0.717) is 11.8 Å². The molecule has 1 amide bonds. The van der Waals surface area contributed by atoms with E-state index in [0.717, 1.165) is 41.9 Å². The summed E-state index contributed by atoms with van der Waals surface area (Å²) in [6.45, 7) is 12.4. The van der Waals surface area contributed by atoms with Crippen LogP contribution in [0.15, 0.2) is 11.8 Å². The molecule has 4 aliphatic rings. The van der Waals surface area contributed by atoms with Crippen molar-refractivity contribution in [3.05, 3.63) is 11.8 Å². The Morgan fingerprint density at radius 2 is 1.86 bits per heavy atom. The number of piperidine rings is 1. The normalized spacial score (nSPS) is 43.6. The first-order chi connectivity index (χ1) is 13.3. The molecule has 28 heavy (non-hydrogen) atoms. The minimum atomic E-state index is 0.221. The SMILES string of the molecule is CC(C)CCCC(C)C1CCC2C3CC=C4NC(=O)CC[C@]4(C)C3CC[C@]12C. The average molecular weight is 386 g/mol. The van der Waals surface area contributed by atoms with Crippen LogP contribution in [0.4, 0.5) is 0 Å². The summed E-state index contributed by atoms with van der Waals surface area (Å²) in [5.74, 6) is 5.40. The van der Waals surface area contributed by atoms with Crippen LogP contribution >= 0.6 is 0 Å². The molecule has 2 heteroatoms. The van der Waals surface area contributed by atoms with E-state index in [-0.39, 0.29) is 11.3 Å². The van der Waals surface area contributed by atoms with E-state index in [9.17, 15) is 4.79 Å². The number of nitrogens with one attached hydrogen (secondary N) is 1. The molecule has 158 valence electrons. The van der Waals surface area contributed by atoms with Gasteiger partial charge in [0.05, 0.1) is 0 Å². The molecular formula is C26H43NO. The van der Waals surface area contributed by atoms with Crippen molar-refractivity contribution in [3.63, 3.8) is 0 Å². The maximum Gasteiger partial charge on any atom is 0.224 e. The summed E-state index contributed by atoms with van der Waals surface area (Å²) in [5.41, 5.74) is 2.04. The average Bonchev–Trinajstić information content (AvgIpc) is 2.99. The summed E-state index contributed by atoms with van der Waals surface area (Å²) in [6, 6.07) is 0. The highest BCUT2D eigenvalue weighted by atomic mass is 16.1. The molecule has 0 radical (unpaired) electrons. The van der Waals surface area contributed by atoms with Crippen LogP contribution in [0, 0.1) is 46.3 Å². The van der Waals surface area contributed by atoms with Gasteiger partial charge in [-0.3, -0.25) is 4.79 Å². The van der Waals surface area contributed by atoms with Gasteiger partial charge < -0.3 is 5.32 Å². The zero-order valence-electron chi connectivity index (χ0n) is 19.0. The zero-order chi connectivity index (χ0) is 20.1. The van der Waals surface area contributed by atoms with Gasteiger partial charge in [0.25, 0.3) is 0 Å². The highest BCUT2D eigenvalue weighted by molar-refractivity contribution is 5.79. The maximum atomic E-state index is 11.9. The molecule has 2 saturated carbocycles. The van der Waals surface area contributed by atoms with Gasteiger partial charge in [0, 0.05) is 17.5 Å². The van der Waals surface area contributed by atoms with Crippen molar-refractivity contribution < 1.29 is 4.79 Å². The Hall–Kier alpha value is -0.790. The number of carbonyl (C=O) groups excluding carboxylic acids is 1. The second-order valence-electron chi connectivity index (χ2n) is 11.7. The number of allylic oxidation sites excluding steroid dienone is 2. The number of hydrogen-bond acceptors (Lipinski definition) is 1. The van der Waals surface area contributed by atoms with Crippen molar-refractivity contribution in [2.75, 3.05) is 0 Å². The lowest BCUT2D eigenvalue weighted by Gasteiger charge is -2.57. The lowest BCUT2D eigenvalue weighted by Crippen LogP contribution is -2.53. The lowest BCUT2D eigenvalue weighted by molar-refractivity contribution is -0.125. The fraction of sp³-hybridized carbons (Fsp3) is 0.885. The quantitative estimate of drug-likeness (QED) is 0.560. The molecule has 0 bridgehead atoms. The first kappa shape index (κ1) is 20.5. The Morgan fingerprint density at radius 1 is 1.07 bits per heavy atom. The number of hydrogen-bond donors (Lipinski definition) is 1. The molecule has 1 saturated heterocycles. The first-order valence-electron chi connectivity index (χ1n) is 12.3. The Balaban J connectivity index is 1.50. The minimum Gasteiger partial charge on any atom is -0.330 e. The Labute approximate surface area is 173 Å². The van der Waals surface area contributed by atoms with Crippen LogP contribution in [0.1, 0.15) is 98.8 Å². The Bertz CT molecular complexity index is 636. The van der Waals surface area contributed by atoms with Gasteiger partial charge in [-0.15, -0.1) is 0 Å². The standard InChI is InChI=1S/C26H43NO/c1-17(2)7-6-8-18(3)20-10-11-21-19-9-12-23-26(5,16-14-24(28)27-23)22(19)13-15-25(20,21)4/h12,17-22H,6-11,13-16H2,1-5H3,(H,27,28)/t18?,19?,20?,21?,22?,25-,26-/m1/s1. The van der Waals surface area contributed by atoms with Crippen LogP contribution in [0.25, 0.3) is 0 Å². The molecule has 0 aromatic heterocycles. The van der Waals surface area contributed by atoms with Crippen LogP contribution in [0.2, 0.25) is 0 Å². The number of carbonyl (C=O) groups is 1. The molecule has 2 nitrogen and oxygen atoms in total. The summed E-state index contributed by atoms with van der Waals surface area (Å²) in [5, 5.41) is 3.24. The zero-order valence-corrected chi connectivity index (χ0v) is 19.0. The van der Waals surface area contributed by atoms with Gasteiger partial charge in [0.15, 0.2) is 0 Å². The fourth-order valence-corrected chi connectivity index (χ4v) is 8.22. The van der Waals surface area contributed by atoms with E-state index in [1.54, 1.807) is 0 Å². The summed E-state index contributed by atoms with van der Waals surface area (Å²) in [4.78, 5) is 11.9. The molecule has 1 N–H and O–H groups in total. The van der Waals surface area contributed by atoms with Gasteiger partial charge in [0.2, 0.25) is 5.91 Å². The molecule has 7 atom stereocenters. The monoisotopic (exact) mass is 385 g/mol. The molecule has 3 fully saturated rings. The number of amides is 1. The van der Waals surface area contributed by atoms with Crippen LogP contribution in [0.3, 0.4) is 0 Å². The maximum absolute atomic E-state index is 11.9. The molecule has 0 spiro atoms. The smallest absolute Gasteiger partial charge is 0.224 e. The largest absolute Gasteiger partial charge is 0.330 e. The molecule has 3 aliphatic carbocycles. The molecular weight excluding hydrogens is 342 g/mol. The van der Waals surface area contributed by atoms with E-state index in [1.807, 2.05) is 0 Å². The van der Waals surface area contributed by atoms with E-state index in [2.05, 4.69) is 46.0 Å². The predicted octanol–water partition coefficient (Wildman–Crippen LogP) is 6.71. The van der Waals surface area contributed by atoms with Crippen LogP contribution in [-0.4, -0.2) is 5.91 Å². The van der Waals surface area contributed by atoms with Gasteiger partial charge in [-0.2, -0.15) is 0 Å². The van der Waals surface area contributed by atoms with E-state index >= 15 is 0 Å². The van der Waals surface area contributed by atoms with Crippen molar-refractivity contribution in [1.29, 1.82) is 0 Å². The van der Waals surface area contributed by atoms with E-state index < -0.39 is 0 Å². The summed E-state index contributed by atoms with van der Waals surface area (Å²) in [6.07, 6.45) is 15.3. The first-order valence-corrected chi connectivity index (χ1v) is 12.3. The molecule has 0 aromatic rings. The lowest BCUT2D eigenvalue weighted by atomic mass is 9.48. The third kappa shape index (κ3) is 3.27. The molecule has 1 heterocycles. The second kappa shape index (κ2) is 7.47. The third-order valence-corrected chi connectivity index (χ3v) is 9.81. The molecule has 4 rings (SSSR count). The van der Waals surface area contributed by atoms with E-state index in [1.165, 1.54) is 57.1 Å². The molecule has 5 unspecified atom stereocenters. The number of rotatable bonds is 5. The van der Waals surface area contributed by atoms with Crippen molar-refractivity contribution in [1.82, 2.24) is 5.32 Å². The van der Waals surface area contributed by atoms with Crippen LogP contribution in [0.5, 0.6) is 0 Å². The summed E-state index contributed by atoms with van der Waals surface area (Å²) in [7, 11) is 0. The summed E-state index contributed by atoms with van der Waals surface area (Å²) >= 11 is 0. The fourth-order valence-electron chi connectivity index (χ4n) is 8.22. The van der Waals surface area contributed by atoms with Crippen molar-refractivity contribution in [2.24, 2.45) is 46.3 Å². The van der Waals surface area contributed by atoms with Crippen molar-refractivity contribution >= 4 is 5.91 Å². The highest BCUT2D eigenvalue weighted by Gasteiger charge is 2.59. The topological polar surface area (TPSA) is 29.1 Å². The number of fused-ring (bicyclic) bond motifs is 5. The van der Waals surface area contributed by atoms with Crippen molar-refractivity contribution in [2.45, 2.75) is 98.8 Å². The Morgan fingerprint density at radius 3 is 2.61 bits per heavy atom.